The fraction of sp³-hybridized carbons (Fsp3) is 0.321. The number of hydrogen-bond acceptors (Lipinski definition) is 6. The number of benzene rings is 3. The van der Waals surface area contributed by atoms with Gasteiger partial charge in [0.25, 0.3) is 0 Å². The van der Waals surface area contributed by atoms with Crippen molar-refractivity contribution < 1.29 is 28.9 Å². The molecule has 190 valence electrons. The molecule has 0 unspecified atom stereocenters. The van der Waals surface area contributed by atoms with Gasteiger partial charge >= 0.3 is 5.97 Å². The van der Waals surface area contributed by atoms with Crippen LogP contribution in [0.5, 0.6) is 5.75 Å². The van der Waals surface area contributed by atoms with Gasteiger partial charge in [-0.1, -0.05) is 36.4 Å². The molecule has 0 amide bonds. The molecule has 1 aliphatic rings. The summed E-state index contributed by atoms with van der Waals surface area (Å²) < 4.78 is 27.2. The second kappa shape index (κ2) is 12.0. The monoisotopic (exact) mass is 494 g/mol. The zero-order valence-corrected chi connectivity index (χ0v) is 20.0. The SMILES string of the molecule is N[C@@H](CO)c1cccc(-c2cc(COc3ccccc3CC(=O)O)c(F)c(NC[C@@H]3CCCO3)c2)c1. The third-order valence-corrected chi connectivity index (χ3v) is 6.23. The molecule has 3 aromatic rings. The van der Waals surface area contributed by atoms with Crippen LogP contribution in [0.3, 0.4) is 0 Å². The highest BCUT2D eigenvalue weighted by Gasteiger charge is 2.19. The van der Waals surface area contributed by atoms with Crippen LogP contribution in [0.2, 0.25) is 0 Å². The Morgan fingerprint density at radius 1 is 1.14 bits per heavy atom. The molecule has 0 radical (unpaired) electrons. The van der Waals surface area contributed by atoms with Crippen molar-refractivity contribution in [2.75, 3.05) is 25.1 Å². The maximum Gasteiger partial charge on any atom is 0.307 e. The highest BCUT2D eigenvalue weighted by Crippen LogP contribution is 2.31. The summed E-state index contributed by atoms with van der Waals surface area (Å²) in [4.78, 5) is 11.2. The topological polar surface area (TPSA) is 114 Å². The lowest BCUT2D eigenvalue weighted by Gasteiger charge is -2.18. The number of carboxylic acid groups (broad SMARTS) is 1. The van der Waals surface area contributed by atoms with Crippen molar-refractivity contribution >= 4 is 11.7 Å². The van der Waals surface area contributed by atoms with Gasteiger partial charge in [-0.05, 0) is 53.8 Å². The molecule has 1 saturated heterocycles. The molecule has 1 heterocycles. The number of nitrogens with one attached hydrogen (secondary N) is 1. The minimum Gasteiger partial charge on any atom is -0.488 e. The highest BCUT2D eigenvalue weighted by atomic mass is 19.1. The quantitative estimate of drug-likeness (QED) is 0.315. The van der Waals surface area contributed by atoms with Gasteiger partial charge in [-0.15, -0.1) is 0 Å². The Balaban J connectivity index is 1.65. The lowest BCUT2D eigenvalue weighted by atomic mass is 9.97. The van der Waals surface area contributed by atoms with Crippen molar-refractivity contribution in [3.8, 4) is 16.9 Å². The Kier molecular flexibility index (Phi) is 8.53. The van der Waals surface area contributed by atoms with E-state index in [1.807, 2.05) is 24.3 Å². The first-order chi connectivity index (χ1) is 17.4. The summed E-state index contributed by atoms with van der Waals surface area (Å²) in [5, 5.41) is 21.8. The molecule has 4 rings (SSSR count). The number of aliphatic hydroxyl groups excluding tert-OH is 1. The number of halogens is 1. The predicted molar refractivity (Wildman–Crippen MR) is 135 cm³/mol. The Bertz CT molecular complexity index is 1200. The van der Waals surface area contributed by atoms with Crippen molar-refractivity contribution in [3.05, 3.63) is 83.2 Å². The van der Waals surface area contributed by atoms with Crippen molar-refractivity contribution in [3.63, 3.8) is 0 Å². The number of nitrogens with two attached hydrogens (primary N) is 1. The summed E-state index contributed by atoms with van der Waals surface area (Å²) >= 11 is 0. The molecule has 0 aromatic heterocycles. The third-order valence-electron chi connectivity index (χ3n) is 6.23. The first-order valence-corrected chi connectivity index (χ1v) is 12.0. The van der Waals surface area contributed by atoms with Crippen LogP contribution in [-0.4, -0.2) is 42.0 Å². The maximum absolute atomic E-state index is 15.6. The van der Waals surface area contributed by atoms with Crippen LogP contribution in [0.25, 0.3) is 11.1 Å². The number of aliphatic hydroxyl groups is 1. The van der Waals surface area contributed by atoms with Crippen molar-refractivity contribution in [1.29, 1.82) is 0 Å². The van der Waals surface area contributed by atoms with E-state index in [2.05, 4.69) is 5.32 Å². The molecule has 0 spiro atoms. The van der Waals surface area contributed by atoms with E-state index in [1.165, 1.54) is 0 Å². The van der Waals surface area contributed by atoms with Gasteiger partial charge in [-0.2, -0.15) is 0 Å². The van der Waals surface area contributed by atoms with Crippen LogP contribution in [0.1, 0.15) is 35.6 Å². The minimum atomic E-state index is -0.971. The smallest absolute Gasteiger partial charge is 0.307 e. The molecule has 5 N–H and O–H groups in total. The van der Waals surface area contributed by atoms with Crippen molar-refractivity contribution in [2.45, 2.75) is 38.0 Å². The van der Waals surface area contributed by atoms with Crippen LogP contribution < -0.4 is 15.8 Å². The Morgan fingerprint density at radius 3 is 2.72 bits per heavy atom. The summed E-state index contributed by atoms with van der Waals surface area (Å²) in [6.07, 6.45) is 1.75. The van der Waals surface area contributed by atoms with Crippen LogP contribution in [-0.2, 0) is 22.6 Å². The molecule has 2 atom stereocenters. The number of rotatable bonds is 11. The number of ether oxygens (including phenoxy) is 2. The van der Waals surface area contributed by atoms with Crippen molar-refractivity contribution in [1.82, 2.24) is 0 Å². The predicted octanol–water partition coefficient (Wildman–Crippen LogP) is 4.28. The van der Waals surface area contributed by atoms with E-state index in [-0.39, 0.29) is 25.7 Å². The standard InChI is InChI=1S/C28H31FN2O5/c29-28-22(17-36-26-9-2-1-5-20(26)14-27(33)34)12-21(13-25(28)31-15-23-8-4-10-35-23)18-6-3-7-19(11-18)24(30)16-32/h1-3,5-7,9,11-13,23-24,31-32H,4,8,10,14-17,30H2,(H,33,34)/t23-,24-/m0/s1. The van der Waals surface area contributed by atoms with E-state index in [1.54, 1.807) is 36.4 Å². The second-order valence-electron chi connectivity index (χ2n) is 8.89. The molecule has 0 aliphatic carbocycles. The van der Waals surface area contributed by atoms with Crippen LogP contribution >= 0.6 is 0 Å². The Hall–Kier alpha value is -3.46. The first kappa shape index (κ1) is 25.6. The molecule has 7 nitrogen and oxygen atoms in total. The molecular formula is C28H31FN2O5. The average molecular weight is 495 g/mol. The van der Waals surface area contributed by atoms with Crippen LogP contribution in [0.15, 0.2) is 60.7 Å². The largest absolute Gasteiger partial charge is 0.488 e. The summed E-state index contributed by atoms with van der Waals surface area (Å²) in [5.41, 5.74) is 9.53. The van der Waals surface area contributed by atoms with E-state index < -0.39 is 17.8 Å². The van der Waals surface area contributed by atoms with Crippen LogP contribution in [0, 0.1) is 5.82 Å². The molecular weight excluding hydrogens is 463 g/mol. The molecule has 0 bridgehead atoms. The summed E-state index contributed by atoms with van der Waals surface area (Å²) in [7, 11) is 0. The molecule has 0 saturated carbocycles. The zero-order valence-electron chi connectivity index (χ0n) is 20.0. The summed E-state index contributed by atoms with van der Waals surface area (Å²) in [6.45, 7) is 0.926. The molecule has 8 heteroatoms. The normalized spacial score (nSPS) is 16.0. The number of aliphatic carboxylic acids is 1. The fourth-order valence-electron chi connectivity index (χ4n) is 4.28. The van der Waals surface area contributed by atoms with Gasteiger partial charge in [0, 0.05) is 24.3 Å². The minimum absolute atomic E-state index is 0.0292. The number of hydrogen-bond donors (Lipinski definition) is 4. The third kappa shape index (κ3) is 6.40. The second-order valence-corrected chi connectivity index (χ2v) is 8.89. The van der Waals surface area contributed by atoms with Crippen molar-refractivity contribution in [2.24, 2.45) is 5.73 Å². The summed E-state index contributed by atoms with van der Waals surface area (Å²) in [6, 6.07) is 17.3. The number of carbonyl (C=O) groups is 1. The maximum atomic E-state index is 15.6. The van der Waals surface area contributed by atoms with E-state index in [0.29, 0.717) is 35.7 Å². The van der Waals surface area contributed by atoms with Gasteiger partial charge in [0.15, 0.2) is 5.82 Å². The van der Waals surface area contributed by atoms with Gasteiger partial charge in [0.2, 0.25) is 0 Å². The lowest BCUT2D eigenvalue weighted by molar-refractivity contribution is -0.136. The average Bonchev–Trinajstić information content (AvgIpc) is 3.41. The number of anilines is 1. The molecule has 1 aliphatic heterocycles. The fourth-order valence-corrected chi connectivity index (χ4v) is 4.28. The van der Waals surface area contributed by atoms with Gasteiger partial charge in [-0.3, -0.25) is 4.79 Å². The molecule has 3 aromatic carbocycles. The van der Waals surface area contributed by atoms with Gasteiger partial charge in [0.1, 0.15) is 12.4 Å². The van der Waals surface area contributed by atoms with E-state index in [9.17, 15) is 15.0 Å². The molecule has 1 fully saturated rings. The van der Waals surface area contributed by atoms with E-state index in [0.717, 1.165) is 29.5 Å². The van der Waals surface area contributed by atoms with E-state index in [4.69, 9.17) is 15.2 Å². The van der Waals surface area contributed by atoms with Gasteiger partial charge in [0.05, 0.1) is 30.9 Å². The zero-order chi connectivity index (χ0) is 25.5. The highest BCUT2D eigenvalue weighted by molar-refractivity contribution is 5.72. The Morgan fingerprint density at radius 2 is 1.97 bits per heavy atom. The van der Waals surface area contributed by atoms with Crippen LogP contribution in [0.4, 0.5) is 10.1 Å². The van der Waals surface area contributed by atoms with E-state index >= 15 is 4.39 Å². The first-order valence-electron chi connectivity index (χ1n) is 12.0. The number of para-hydroxylation sites is 1. The lowest BCUT2D eigenvalue weighted by Crippen LogP contribution is -2.19. The number of carboxylic acids is 1. The van der Waals surface area contributed by atoms with Gasteiger partial charge in [-0.25, -0.2) is 4.39 Å². The Labute approximate surface area is 209 Å². The summed E-state index contributed by atoms with van der Waals surface area (Å²) in [5.74, 6) is -1.01. The van der Waals surface area contributed by atoms with Gasteiger partial charge < -0.3 is 30.7 Å². The molecule has 36 heavy (non-hydrogen) atoms.